The van der Waals surface area contributed by atoms with Gasteiger partial charge in [0.1, 0.15) is 5.82 Å². The molecule has 0 bridgehead atoms. The predicted molar refractivity (Wildman–Crippen MR) is 137 cm³/mol. The van der Waals surface area contributed by atoms with Crippen LogP contribution < -0.4 is 5.32 Å². The Morgan fingerprint density at radius 3 is 2.26 bits per heavy atom. The van der Waals surface area contributed by atoms with Crippen molar-refractivity contribution in [3.05, 3.63) is 137 Å². The standard InChI is InChI=1S/C29H24ClN3O/c30-24-15-9-12-22(18-24)20-33-27-17-8-7-16-25(27)31-28(33)26(19-21-10-3-1-4-11-21)32-29(34)23-13-5-2-6-14-23/h1-18,26H,19-20H2,(H,32,34)/t26-/m0/s1. The number of nitrogens with one attached hydrogen (secondary N) is 1. The zero-order chi connectivity index (χ0) is 23.3. The van der Waals surface area contributed by atoms with Gasteiger partial charge < -0.3 is 9.88 Å². The molecular weight excluding hydrogens is 442 g/mol. The van der Waals surface area contributed by atoms with E-state index in [-0.39, 0.29) is 11.9 Å². The monoisotopic (exact) mass is 465 g/mol. The van der Waals surface area contributed by atoms with Gasteiger partial charge in [0.15, 0.2) is 0 Å². The Bertz CT molecular complexity index is 1410. The fourth-order valence-electron chi connectivity index (χ4n) is 4.23. The lowest BCUT2D eigenvalue weighted by Crippen LogP contribution is -2.32. The third-order valence-corrected chi connectivity index (χ3v) is 6.08. The van der Waals surface area contributed by atoms with Crippen LogP contribution in [0, 0.1) is 0 Å². The molecule has 0 aliphatic heterocycles. The molecule has 0 fully saturated rings. The van der Waals surface area contributed by atoms with Crippen molar-refractivity contribution in [3.63, 3.8) is 0 Å². The summed E-state index contributed by atoms with van der Waals surface area (Å²) in [5.74, 6) is 0.692. The van der Waals surface area contributed by atoms with Gasteiger partial charge in [-0.2, -0.15) is 0 Å². The number of para-hydroxylation sites is 2. The number of amides is 1. The lowest BCUT2D eigenvalue weighted by Gasteiger charge is -2.21. The SMILES string of the molecule is O=C(N[C@@H](Cc1ccccc1)c1nc2ccccc2n1Cc1cccc(Cl)c1)c1ccccc1. The van der Waals surface area contributed by atoms with Crippen molar-refractivity contribution in [2.75, 3.05) is 0 Å². The Balaban J connectivity index is 1.58. The highest BCUT2D eigenvalue weighted by atomic mass is 35.5. The molecule has 4 nitrogen and oxygen atoms in total. The number of halogens is 1. The van der Waals surface area contributed by atoms with Gasteiger partial charge in [0, 0.05) is 17.1 Å². The van der Waals surface area contributed by atoms with Crippen molar-refractivity contribution in [3.8, 4) is 0 Å². The molecule has 0 unspecified atom stereocenters. The average molecular weight is 466 g/mol. The van der Waals surface area contributed by atoms with Gasteiger partial charge in [0.25, 0.3) is 5.91 Å². The molecular formula is C29H24ClN3O. The molecule has 0 spiro atoms. The number of nitrogens with zero attached hydrogens (tertiary/aromatic N) is 2. The maximum atomic E-state index is 13.2. The normalized spacial score (nSPS) is 11.9. The number of fused-ring (bicyclic) bond motifs is 1. The third-order valence-electron chi connectivity index (χ3n) is 5.85. The quantitative estimate of drug-likeness (QED) is 0.300. The molecule has 1 atom stereocenters. The molecule has 0 saturated carbocycles. The van der Waals surface area contributed by atoms with E-state index in [1.807, 2.05) is 84.9 Å². The molecule has 1 N–H and O–H groups in total. The molecule has 0 aliphatic carbocycles. The molecule has 0 saturated heterocycles. The summed E-state index contributed by atoms with van der Waals surface area (Å²) in [4.78, 5) is 18.2. The zero-order valence-electron chi connectivity index (χ0n) is 18.6. The number of hydrogen-bond acceptors (Lipinski definition) is 2. The molecule has 0 radical (unpaired) electrons. The van der Waals surface area contributed by atoms with Gasteiger partial charge in [-0.05, 0) is 53.9 Å². The molecule has 1 aromatic heterocycles. The van der Waals surface area contributed by atoms with Crippen molar-refractivity contribution < 1.29 is 4.79 Å². The zero-order valence-corrected chi connectivity index (χ0v) is 19.3. The van der Waals surface area contributed by atoms with E-state index in [9.17, 15) is 4.79 Å². The first kappa shape index (κ1) is 21.9. The molecule has 0 aliphatic rings. The summed E-state index contributed by atoms with van der Waals surface area (Å²) in [5.41, 5.74) is 4.74. The highest BCUT2D eigenvalue weighted by Gasteiger charge is 2.23. The molecule has 4 aromatic carbocycles. The van der Waals surface area contributed by atoms with Crippen LogP contribution >= 0.6 is 11.6 Å². The van der Waals surface area contributed by atoms with Gasteiger partial charge in [-0.1, -0.05) is 84.4 Å². The number of aromatic nitrogens is 2. The molecule has 168 valence electrons. The van der Waals surface area contributed by atoms with Crippen molar-refractivity contribution >= 4 is 28.5 Å². The number of carbonyl (C=O) groups is 1. The van der Waals surface area contributed by atoms with Crippen LogP contribution in [0.3, 0.4) is 0 Å². The Labute approximate surface area is 203 Å². The third kappa shape index (κ3) is 4.87. The van der Waals surface area contributed by atoms with Crippen molar-refractivity contribution in [2.45, 2.75) is 19.0 Å². The second kappa shape index (κ2) is 9.94. The second-order valence-electron chi connectivity index (χ2n) is 8.26. The number of carbonyl (C=O) groups excluding carboxylic acids is 1. The molecule has 34 heavy (non-hydrogen) atoms. The van der Waals surface area contributed by atoms with Crippen LogP contribution in [0.2, 0.25) is 5.02 Å². The maximum absolute atomic E-state index is 13.2. The van der Waals surface area contributed by atoms with E-state index < -0.39 is 0 Å². The number of hydrogen-bond donors (Lipinski definition) is 1. The largest absolute Gasteiger partial charge is 0.342 e. The summed E-state index contributed by atoms with van der Waals surface area (Å²) in [5, 5.41) is 3.94. The Kier molecular flexibility index (Phi) is 6.41. The lowest BCUT2D eigenvalue weighted by molar-refractivity contribution is 0.0934. The summed E-state index contributed by atoms with van der Waals surface area (Å²) >= 11 is 6.27. The first-order valence-corrected chi connectivity index (χ1v) is 11.6. The number of rotatable bonds is 7. The van der Waals surface area contributed by atoms with Crippen LogP contribution in [-0.2, 0) is 13.0 Å². The van der Waals surface area contributed by atoms with Gasteiger partial charge >= 0.3 is 0 Å². The number of imidazole rings is 1. The van der Waals surface area contributed by atoms with E-state index in [4.69, 9.17) is 16.6 Å². The minimum atomic E-state index is -0.318. The predicted octanol–water partition coefficient (Wildman–Crippen LogP) is 6.45. The van der Waals surface area contributed by atoms with Crippen LogP contribution in [0.1, 0.15) is 33.4 Å². The van der Waals surface area contributed by atoms with Crippen LogP contribution in [0.25, 0.3) is 11.0 Å². The van der Waals surface area contributed by atoms with E-state index in [2.05, 4.69) is 34.1 Å². The Morgan fingerprint density at radius 1 is 0.824 bits per heavy atom. The van der Waals surface area contributed by atoms with Crippen molar-refractivity contribution in [1.82, 2.24) is 14.9 Å². The molecule has 1 heterocycles. The molecule has 5 rings (SSSR count). The minimum Gasteiger partial charge on any atom is -0.342 e. The van der Waals surface area contributed by atoms with E-state index in [0.717, 1.165) is 28.0 Å². The summed E-state index contributed by atoms with van der Waals surface area (Å²) in [6.07, 6.45) is 0.623. The maximum Gasteiger partial charge on any atom is 0.251 e. The highest BCUT2D eigenvalue weighted by Crippen LogP contribution is 2.26. The van der Waals surface area contributed by atoms with Gasteiger partial charge in [-0.15, -0.1) is 0 Å². The molecule has 5 aromatic rings. The van der Waals surface area contributed by atoms with Gasteiger partial charge in [-0.3, -0.25) is 4.79 Å². The fourth-order valence-corrected chi connectivity index (χ4v) is 4.44. The minimum absolute atomic E-state index is 0.122. The van der Waals surface area contributed by atoms with Gasteiger partial charge in [0.2, 0.25) is 0 Å². The summed E-state index contributed by atoms with van der Waals surface area (Å²) in [6, 6.07) is 35.1. The van der Waals surface area contributed by atoms with Crippen molar-refractivity contribution in [2.24, 2.45) is 0 Å². The van der Waals surface area contributed by atoms with Gasteiger partial charge in [0.05, 0.1) is 17.1 Å². The van der Waals surface area contributed by atoms with Gasteiger partial charge in [-0.25, -0.2) is 4.98 Å². The smallest absolute Gasteiger partial charge is 0.251 e. The topological polar surface area (TPSA) is 46.9 Å². The van der Waals surface area contributed by atoms with E-state index in [1.54, 1.807) is 0 Å². The Hall–Kier alpha value is -3.89. The highest BCUT2D eigenvalue weighted by molar-refractivity contribution is 6.30. The van der Waals surface area contributed by atoms with Crippen LogP contribution in [-0.4, -0.2) is 15.5 Å². The second-order valence-corrected chi connectivity index (χ2v) is 8.69. The average Bonchev–Trinajstić information content (AvgIpc) is 3.23. The molecule has 1 amide bonds. The first-order chi connectivity index (χ1) is 16.7. The van der Waals surface area contributed by atoms with E-state index >= 15 is 0 Å². The van der Waals surface area contributed by atoms with E-state index in [0.29, 0.717) is 23.6 Å². The summed E-state index contributed by atoms with van der Waals surface area (Å²) in [6.45, 7) is 0.600. The summed E-state index contributed by atoms with van der Waals surface area (Å²) < 4.78 is 2.18. The summed E-state index contributed by atoms with van der Waals surface area (Å²) in [7, 11) is 0. The van der Waals surface area contributed by atoms with Crippen molar-refractivity contribution in [1.29, 1.82) is 0 Å². The van der Waals surface area contributed by atoms with Crippen LogP contribution in [0.5, 0.6) is 0 Å². The fraction of sp³-hybridized carbons (Fsp3) is 0.103. The van der Waals surface area contributed by atoms with Crippen LogP contribution in [0.4, 0.5) is 0 Å². The lowest BCUT2D eigenvalue weighted by atomic mass is 10.0. The van der Waals surface area contributed by atoms with E-state index in [1.165, 1.54) is 0 Å². The number of benzene rings is 4. The Morgan fingerprint density at radius 2 is 1.50 bits per heavy atom. The molecule has 5 heteroatoms. The van der Waals surface area contributed by atoms with Crippen LogP contribution in [0.15, 0.2) is 109 Å². The first-order valence-electron chi connectivity index (χ1n) is 11.3.